The smallest absolute Gasteiger partial charge is 0.123 e. The first-order valence-corrected chi connectivity index (χ1v) is 6.28. The quantitative estimate of drug-likeness (QED) is 0.912. The number of rotatable bonds is 4. The summed E-state index contributed by atoms with van der Waals surface area (Å²) in [6.45, 7) is 4.78. The molecule has 0 heterocycles. The standard InChI is InChI=1S/C16H18FNO/c1-11-4-3-5-16(12(11)2)19-10-13-6-7-15(17)8-14(13)9-18/h3-8H,9-10,18H2,1-2H3. The zero-order valence-corrected chi connectivity index (χ0v) is 11.2. The van der Waals surface area contributed by atoms with Crippen LogP contribution in [0.25, 0.3) is 0 Å². The number of aryl methyl sites for hydroxylation is 1. The Bertz CT molecular complexity index is 581. The van der Waals surface area contributed by atoms with Crippen molar-refractivity contribution in [1.82, 2.24) is 0 Å². The molecule has 2 aromatic carbocycles. The van der Waals surface area contributed by atoms with Crippen LogP contribution < -0.4 is 10.5 Å². The highest BCUT2D eigenvalue weighted by atomic mass is 19.1. The summed E-state index contributed by atoms with van der Waals surface area (Å²) in [5.41, 5.74) is 9.64. The normalized spacial score (nSPS) is 10.5. The molecule has 0 unspecified atom stereocenters. The van der Waals surface area contributed by atoms with Crippen LogP contribution in [0, 0.1) is 19.7 Å². The monoisotopic (exact) mass is 259 g/mol. The number of ether oxygens (including phenoxy) is 1. The minimum atomic E-state index is -0.268. The minimum absolute atomic E-state index is 0.268. The highest BCUT2D eigenvalue weighted by Crippen LogP contribution is 2.22. The summed E-state index contributed by atoms with van der Waals surface area (Å²) in [4.78, 5) is 0. The molecule has 19 heavy (non-hydrogen) atoms. The van der Waals surface area contributed by atoms with E-state index in [0.717, 1.165) is 22.4 Å². The summed E-state index contributed by atoms with van der Waals surface area (Å²) >= 11 is 0. The Morgan fingerprint density at radius 1 is 1.11 bits per heavy atom. The second-order valence-electron chi connectivity index (χ2n) is 4.60. The topological polar surface area (TPSA) is 35.2 Å². The molecule has 0 fully saturated rings. The number of hydrogen-bond donors (Lipinski definition) is 1. The van der Waals surface area contributed by atoms with Gasteiger partial charge >= 0.3 is 0 Å². The van der Waals surface area contributed by atoms with Gasteiger partial charge in [-0.25, -0.2) is 4.39 Å². The SMILES string of the molecule is Cc1cccc(OCc2ccc(F)cc2CN)c1C. The summed E-state index contributed by atoms with van der Waals surface area (Å²) < 4.78 is 18.9. The van der Waals surface area contributed by atoms with Crippen LogP contribution in [0.15, 0.2) is 36.4 Å². The van der Waals surface area contributed by atoms with Crippen molar-refractivity contribution in [3.05, 3.63) is 64.5 Å². The molecule has 0 radical (unpaired) electrons. The van der Waals surface area contributed by atoms with Gasteiger partial charge in [0.1, 0.15) is 18.2 Å². The van der Waals surface area contributed by atoms with Crippen molar-refractivity contribution in [2.75, 3.05) is 0 Å². The van der Waals surface area contributed by atoms with Gasteiger partial charge in [0.2, 0.25) is 0 Å². The number of nitrogens with two attached hydrogens (primary N) is 1. The lowest BCUT2D eigenvalue weighted by Crippen LogP contribution is -2.06. The van der Waals surface area contributed by atoms with E-state index in [0.29, 0.717) is 13.2 Å². The van der Waals surface area contributed by atoms with Crippen LogP contribution in [-0.2, 0) is 13.2 Å². The van der Waals surface area contributed by atoms with E-state index < -0.39 is 0 Å². The van der Waals surface area contributed by atoms with E-state index in [-0.39, 0.29) is 5.82 Å². The van der Waals surface area contributed by atoms with Gasteiger partial charge in [0, 0.05) is 6.54 Å². The summed E-state index contributed by atoms with van der Waals surface area (Å²) in [6, 6.07) is 10.6. The van der Waals surface area contributed by atoms with E-state index >= 15 is 0 Å². The predicted octanol–water partition coefficient (Wildman–Crippen LogP) is 3.48. The molecule has 2 N–H and O–H groups in total. The molecule has 3 heteroatoms. The van der Waals surface area contributed by atoms with E-state index in [4.69, 9.17) is 10.5 Å². The Balaban J connectivity index is 2.17. The lowest BCUT2D eigenvalue weighted by atomic mass is 10.1. The van der Waals surface area contributed by atoms with Gasteiger partial charge in [0.15, 0.2) is 0 Å². The van der Waals surface area contributed by atoms with Gasteiger partial charge in [-0.15, -0.1) is 0 Å². The van der Waals surface area contributed by atoms with E-state index in [1.54, 1.807) is 6.07 Å². The van der Waals surface area contributed by atoms with Crippen LogP contribution in [0.3, 0.4) is 0 Å². The average molecular weight is 259 g/mol. The maximum atomic E-state index is 13.1. The van der Waals surface area contributed by atoms with E-state index in [1.165, 1.54) is 17.7 Å². The molecule has 0 aromatic heterocycles. The Morgan fingerprint density at radius 3 is 2.63 bits per heavy atom. The Kier molecular flexibility index (Phi) is 4.17. The predicted molar refractivity (Wildman–Crippen MR) is 74.5 cm³/mol. The zero-order chi connectivity index (χ0) is 13.8. The molecule has 0 atom stereocenters. The number of hydrogen-bond acceptors (Lipinski definition) is 2. The van der Waals surface area contributed by atoms with Gasteiger partial charge < -0.3 is 10.5 Å². The molecular formula is C16H18FNO. The molecule has 0 amide bonds. The number of benzene rings is 2. The van der Waals surface area contributed by atoms with Crippen molar-refractivity contribution in [1.29, 1.82) is 0 Å². The van der Waals surface area contributed by atoms with Crippen LogP contribution in [0.2, 0.25) is 0 Å². The largest absolute Gasteiger partial charge is 0.489 e. The van der Waals surface area contributed by atoms with E-state index in [2.05, 4.69) is 0 Å². The molecule has 2 rings (SSSR count). The summed E-state index contributed by atoms with van der Waals surface area (Å²) in [7, 11) is 0. The van der Waals surface area contributed by atoms with Gasteiger partial charge in [-0.2, -0.15) is 0 Å². The van der Waals surface area contributed by atoms with Crippen LogP contribution in [0.5, 0.6) is 5.75 Å². The van der Waals surface area contributed by atoms with Gasteiger partial charge in [0.25, 0.3) is 0 Å². The first kappa shape index (κ1) is 13.6. The molecule has 0 saturated heterocycles. The highest BCUT2D eigenvalue weighted by molar-refractivity contribution is 5.38. The lowest BCUT2D eigenvalue weighted by molar-refractivity contribution is 0.302. The summed E-state index contributed by atoms with van der Waals surface area (Å²) in [5, 5.41) is 0. The third-order valence-electron chi connectivity index (χ3n) is 3.33. The second kappa shape index (κ2) is 5.85. The summed E-state index contributed by atoms with van der Waals surface area (Å²) in [6.07, 6.45) is 0. The van der Waals surface area contributed by atoms with Crippen molar-refractivity contribution in [2.45, 2.75) is 27.0 Å². The van der Waals surface area contributed by atoms with Crippen molar-refractivity contribution in [2.24, 2.45) is 5.73 Å². The van der Waals surface area contributed by atoms with Crippen LogP contribution >= 0.6 is 0 Å². The van der Waals surface area contributed by atoms with Crippen molar-refractivity contribution >= 4 is 0 Å². The first-order chi connectivity index (χ1) is 9.11. The molecule has 0 spiro atoms. The van der Waals surface area contributed by atoms with Crippen molar-refractivity contribution in [3.8, 4) is 5.75 Å². The van der Waals surface area contributed by atoms with Gasteiger partial charge in [-0.3, -0.25) is 0 Å². The Hall–Kier alpha value is -1.87. The molecule has 0 aliphatic rings. The van der Waals surface area contributed by atoms with Crippen LogP contribution in [-0.4, -0.2) is 0 Å². The molecule has 0 saturated carbocycles. The Morgan fingerprint density at radius 2 is 1.89 bits per heavy atom. The maximum Gasteiger partial charge on any atom is 0.123 e. The Labute approximate surface area is 113 Å². The zero-order valence-electron chi connectivity index (χ0n) is 11.2. The fourth-order valence-electron chi connectivity index (χ4n) is 1.96. The van der Waals surface area contributed by atoms with E-state index in [9.17, 15) is 4.39 Å². The van der Waals surface area contributed by atoms with Crippen LogP contribution in [0.4, 0.5) is 4.39 Å². The van der Waals surface area contributed by atoms with Gasteiger partial charge in [-0.1, -0.05) is 18.2 Å². The van der Waals surface area contributed by atoms with Gasteiger partial charge in [-0.05, 0) is 54.3 Å². The number of halogens is 1. The molecule has 0 aliphatic heterocycles. The van der Waals surface area contributed by atoms with Crippen molar-refractivity contribution in [3.63, 3.8) is 0 Å². The third kappa shape index (κ3) is 3.12. The van der Waals surface area contributed by atoms with Gasteiger partial charge in [0.05, 0.1) is 0 Å². The molecular weight excluding hydrogens is 241 g/mol. The fraction of sp³-hybridized carbons (Fsp3) is 0.250. The minimum Gasteiger partial charge on any atom is -0.489 e. The summed E-state index contributed by atoms with van der Waals surface area (Å²) in [5.74, 6) is 0.586. The molecule has 0 bridgehead atoms. The molecule has 100 valence electrons. The van der Waals surface area contributed by atoms with E-state index in [1.807, 2.05) is 32.0 Å². The second-order valence-corrected chi connectivity index (χ2v) is 4.60. The average Bonchev–Trinajstić information content (AvgIpc) is 2.41. The highest BCUT2D eigenvalue weighted by Gasteiger charge is 2.06. The molecule has 2 aromatic rings. The first-order valence-electron chi connectivity index (χ1n) is 6.28. The lowest BCUT2D eigenvalue weighted by Gasteiger charge is -2.13. The van der Waals surface area contributed by atoms with Crippen molar-refractivity contribution < 1.29 is 9.13 Å². The fourth-order valence-corrected chi connectivity index (χ4v) is 1.96. The van der Waals surface area contributed by atoms with Crippen LogP contribution in [0.1, 0.15) is 22.3 Å². The third-order valence-corrected chi connectivity index (χ3v) is 3.33. The maximum absolute atomic E-state index is 13.1. The molecule has 2 nitrogen and oxygen atoms in total. The molecule has 0 aliphatic carbocycles.